The number of benzene rings is 2. The van der Waals surface area contributed by atoms with Gasteiger partial charge in [0.25, 0.3) is 5.69 Å². The third-order valence-electron chi connectivity index (χ3n) is 3.31. The second kappa shape index (κ2) is 8.42. The average Bonchev–Trinajstić information content (AvgIpc) is 2.60. The highest BCUT2D eigenvalue weighted by Crippen LogP contribution is 2.12. The van der Waals surface area contributed by atoms with Gasteiger partial charge in [0.2, 0.25) is 0 Å². The number of aryl methyl sites for hydroxylation is 1. The van der Waals surface area contributed by atoms with Crippen LogP contribution < -0.4 is 5.73 Å². The van der Waals surface area contributed by atoms with Crippen LogP contribution in [0.1, 0.15) is 24.0 Å². The van der Waals surface area contributed by atoms with E-state index < -0.39 is 10.9 Å². The molecule has 0 atom stereocenters. The maximum absolute atomic E-state index is 11.6. The summed E-state index contributed by atoms with van der Waals surface area (Å²) in [5.41, 5.74) is 7.24. The molecule has 24 heavy (non-hydrogen) atoms. The Morgan fingerprint density at radius 2 is 1.79 bits per heavy atom. The minimum atomic E-state index is -0.510. The van der Waals surface area contributed by atoms with Crippen LogP contribution in [0.2, 0.25) is 0 Å². The summed E-state index contributed by atoms with van der Waals surface area (Å²) in [6.45, 7) is 0. The lowest BCUT2D eigenvalue weighted by Gasteiger charge is -2.02. The number of amidine groups is 1. The molecule has 124 valence electrons. The van der Waals surface area contributed by atoms with Crippen LogP contribution in [0.15, 0.2) is 59.8 Å². The summed E-state index contributed by atoms with van der Waals surface area (Å²) in [5.74, 6) is -0.489. The van der Waals surface area contributed by atoms with Gasteiger partial charge in [0, 0.05) is 24.1 Å². The normalized spacial score (nSPS) is 11.1. The van der Waals surface area contributed by atoms with Gasteiger partial charge in [-0.15, -0.1) is 0 Å². The minimum Gasteiger partial charge on any atom is -0.380 e. The number of oxime groups is 1. The van der Waals surface area contributed by atoms with Crippen LogP contribution >= 0.6 is 0 Å². The van der Waals surface area contributed by atoms with Gasteiger partial charge in [0.05, 0.1) is 4.92 Å². The van der Waals surface area contributed by atoms with Crippen molar-refractivity contribution in [2.45, 2.75) is 19.3 Å². The van der Waals surface area contributed by atoms with Crippen LogP contribution in [0.4, 0.5) is 5.69 Å². The largest absolute Gasteiger partial charge is 0.380 e. The molecule has 0 aliphatic rings. The first-order valence-electron chi connectivity index (χ1n) is 7.38. The topological polar surface area (TPSA) is 108 Å². The molecule has 7 nitrogen and oxygen atoms in total. The smallest absolute Gasteiger partial charge is 0.335 e. The monoisotopic (exact) mass is 327 g/mol. The van der Waals surface area contributed by atoms with Gasteiger partial charge in [-0.3, -0.25) is 10.1 Å². The van der Waals surface area contributed by atoms with Crippen molar-refractivity contribution in [3.63, 3.8) is 0 Å². The van der Waals surface area contributed by atoms with Gasteiger partial charge in [-0.05, 0) is 30.5 Å². The van der Waals surface area contributed by atoms with Crippen molar-refractivity contribution in [3.8, 4) is 0 Å². The molecule has 0 aromatic heterocycles. The molecule has 0 radical (unpaired) electrons. The zero-order valence-corrected chi connectivity index (χ0v) is 12.9. The minimum absolute atomic E-state index is 0.0127. The van der Waals surface area contributed by atoms with Crippen LogP contribution in [0, 0.1) is 10.1 Å². The standard InChI is InChI=1S/C17H17N3O4/c18-17(14-9-11-15(12-10-14)20(22)23)19-24-16(21)8-4-7-13-5-2-1-3-6-13/h1-3,5-6,9-12H,4,7-8H2,(H2,18,19). The van der Waals surface area contributed by atoms with Crippen molar-refractivity contribution in [1.82, 2.24) is 0 Å². The SMILES string of the molecule is N/C(=N\OC(=O)CCCc1ccccc1)c1ccc([N+](=O)[O-])cc1. The molecule has 0 amide bonds. The fourth-order valence-corrected chi connectivity index (χ4v) is 2.03. The average molecular weight is 327 g/mol. The van der Waals surface area contributed by atoms with Crippen LogP contribution in [0.25, 0.3) is 0 Å². The Labute approximate surface area is 138 Å². The lowest BCUT2D eigenvalue weighted by molar-refractivity contribution is -0.384. The fraction of sp³-hybridized carbons (Fsp3) is 0.176. The summed E-state index contributed by atoms with van der Waals surface area (Å²) in [5, 5.41) is 14.1. The molecule has 2 N–H and O–H groups in total. The third kappa shape index (κ3) is 5.20. The molecule has 0 heterocycles. The van der Waals surface area contributed by atoms with E-state index in [0.717, 1.165) is 12.0 Å². The second-order valence-electron chi connectivity index (χ2n) is 5.08. The van der Waals surface area contributed by atoms with E-state index in [1.807, 2.05) is 30.3 Å². The van der Waals surface area contributed by atoms with E-state index in [1.165, 1.54) is 24.3 Å². The second-order valence-corrected chi connectivity index (χ2v) is 5.08. The van der Waals surface area contributed by atoms with Gasteiger partial charge in [0.15, 0.2) is 5.84 Å². The Balaban J connectivity index is 1.80. The lowest BCUT2D eigenvalue weighted by Crippen LogP contribution is -2.15. The number of nitro groups is 1. The molecule has 0 unspecified atom stereocenters. The Morgan fingerprint density at radius 3 is 2.42 bits per heavy atom. The molecular formula is C17H17N3O4. The van der Waals surface area contributed by atoms with E-state index in [4.69, 9.17) is 10.6 Å². The summed E-state index contributed by atoms with van der Waals surface area (Å²) in [6.07, 6.45) is 1.65. The number of carbonyl (C=O) groups excluding carboxylic acids is 1. The maximum atomic E-state index is 11.6. The first-order chi connectivity index (χ1) is 11.6. The van der Waals surface area contributed by atoms with Gasteiger partial charge in [-0.25, -0.2) is 4.79 Å². The number of hydrogen-bond donors (Lipinski definition) is 1. The molecule has 0 saturated heterocycles. The zero-order chi connectivity index (χ0) is 17.4. The third-order valence-corrected chi connectivity index (χ3v) is 3.31. The molecule has 0 bridgehead atoms. The van der Waals surface area contributed by atoms with E-state index in [-0.39, 0.29) is 17.9 Å². The van der Waals surface area contributed by atoms with Gasteiger partial charge < -0.3 is 10.6 Å². The van der Waals surface area contributed by atoms with Crippen LogP contribution in [0.3, 0.4) is 0 Å². The van der Waals surface area contributed by atoms with Gasteiger partial charge in [-0.2, -0.15) is 0 Å². The molecule has 0 spiro atoms. The summed E-state index contributed by atoms with van der Waals surface area (Å²) in [7, 11) is 0. The molecule has 2 aromatic rings. The Kier molecular flexibility index (Phi) is 6.01. The van der Waals surface area contributed by atoms with E-state index >= 15 is 0 Å². The number of carbonyl (C=O) groups is 1. The van der Waals surface area contributed by atoms with Crippen molar-refractivity contribution >= 4 is 17.5 Å². The number of nitrogens with two attached hydrogens (primary N) is 1. The predicted molar refractivity (Wildman–Crippen MR) is 89.3 cm³/mol. The van der Waals surface area contributed by atoms with Gasteiger partial charge in [0.1, 0.15) is 0 Å². The Hall–Kier alpha value is -3.22. The van der Waals surface area contributed by atoms with Crippen molar-refractivity contribution < 1.29 is 14.6 Å². The van der Waals surface area contributed by atoms with E-state index in [0.29, 0.717) is 12.0 Å². The number of nitro benzene ring substituents is 1. The van der Waals surface area contributed by atoms with Crippen LogP contribution in [-0.4, -0.2) is 16.7 Å². The van der Waals surface area contributed by atoms with Crippen molar-refractivity contribution in [2.24, 2.45) is 10.9 Å². The first-order valence-corrected chi connectivity index (χ1v) is 7.38. The lowest BCUT2D eigenvalue weighted by atomic mass is 10.1. The summed E-state index contributed by atoms with van der Waals surface area (Å²) < 4.78 is 0. The highest BCUT2D eigenvalue weighted by molar-refractivity contribution is 5.97. The zero-order valence-electron chi connectivity index (χ0n) is 12.9. The number of nitrogens with zero attached hydrogens (tertiary/aromatic N) is 2. The van der Waals surface area contributed by atoms with E-state index in [2.05, 4.69) is 5.16 Å². The van der Waals surface area contributed by atoms with Crippen molar-refractivity contribution in [3.05, 3.63) is 75.8 Å². The van der Waals surface area contributed by atoms with E-state index in [1.54, 1.807) is 0 Å². The molecule has 0 aliphatic heterocycles. The molecule has 0 saturated carbocycles. The molecule has 0 fully saturated rings. The number of hydrogen-bond acceptors (Lipinski definition) is 5. The summed E-state index contributed by atoms with van der Waals surface area (Å²) >= 11 is 0. The first kappa shape index (κ1) is 17.1. The Bertz CT molecular complexity index is 727. The predicted octanol–water partition coefficient (Wildman–Crippen LogP) is 2.78. The van der Waals surface area contributed by atoms with Gasteiger partial charge in [-0.1, -0.05) is 35.5 Å². The quantitative estimate of drug-likeness (QED) is 0.276. The number of rotatable bonds is 7. The molecule has 7 heteroatoms. The van der Waals surface area contributed by atoms with Crippen LogP contribution in [0.5, 0.6) is 0 Å². The maximum Gasteiger partial charge on any atom is 0.335 e. The molecule has 2 aromatic carbocycles. The van der Waals surface area contributed by atoms with Gasteiger partial charge >= 0.3 is 5.97 Å². The van der Waals surface area contributed by atoms with Crippen LogP contribution in [-0.2, 0) is 16.1 Å². The highest BCUT2D eigenvalue weighted by atomic mass is 16.7. The molecule has 0 aliphatic carbocycles. The fourth-order valence-electron chi connectivity index (χ4n) is 2.03. The molecule has 2 rings (SSSR count). The Morgan fingerprint density at radius 1 is 1.12 bits per heavy atom. The van der Waals surface area contributed by atoms with E-state index in [9.17, 15) is 14.9 Å². The highest BCUT2D eigenvalue weighted by Gasteiger charge is 2.08. The number of non-ortho nitro benzene ring substituents is 1. The molecular weight excluding hydrogens is 310 g/mol. The van der Waals surface area contributed by atoms with Crippen molar-refractivity contribution in [2.75, 3.05) is 0 Å². The summed E-state index contributed by atoms with van der Waals surface area (Å²) in [6, 6.07) is 15.3. The summed E-state index contributed by atoms with van der Waals surface area (Å²) in [4.78, 5) is 26.5. The van der Waals surface area contributed by atoms with Crippen molar-refractivity contribution in [1.29, 1.82) is 0 Å².